The molecule has 0 radical (unpaired) electrons. The van der Waals surface area contributed by atoms with E-state index in [1.807, 2.05) is 34.9 Å². The molecule has 1 aromatic heterocycles. The minimum atomic E-state index is 0.109. The topological polar surface area (TPSA) is 72.3 Å². The summed E-state index contributed by atoms with van der Waals surface area (Å²) < 4.78 is 7.39. The fourth-order valence-corrected chi connectivity index (χ4v) is 5.25. The van der Waals surface area contributed by atoms with Gasteiger partial charge in [0.25, 0.3) is 0 Å². The molecule has 36 heavy (non-hydrogen) atoms. The fraction of sp³-hybridized carbons (Fsp3) is 0.423. The second kappa shape index (κ2) is 14.0. The van der Waals surface area contributed by atoms with Gasteiger partial charge in [-0.1, -0.05) is 65.3 Å². The molecule has 1 N–H and O–H groups in total. The van der Waals surface area contributed by atoms with Crippen LogP contribution in [0.4, 0.5) is 0 Å². The maximum Gasteiger partial charge on any atom is 0.220 e. The van der Waals surface area contributed by atoms with Crippen LogP contribution in [0, 0.1) is 0 Å². The number of nitrogens with zero attached hydrogens (tertiary/aromatic N) is 4. The Morgan fingerprint density at radius 2 is 1.83 bits per heavy atom. The maximum atomic E-state index is 12.2. The van der Waals surface area contributed by atoms with Crippen molar-refractivity contribution in [3.05, 3.63) is 70.0 Å². The van der Waals surface area contributed by atoms with Crippen LogP contribution in [-0.4, -0.2) is 70.7 Å². The van der Waals surface area contributed by atoms with E-state index >= 15 is 0 Å². The number of hydrogen-bond acceptors (Lipinski definition) is 6. The van der Waals surface area contributed by atoms with Crippen LogP contribution in [0.25, 0.3) is 5.69 Å². The molecule has 1 aliphatic rings. The lowest BCUT2D eigenvalue weighted by Gasteiger charge is -2.26. The second-order valence-corrected chi connectivity index (χ2v) is 10.5. The number of morpholine rings is 1. The van der Waals surface area contributed by atoms with Crippen molar-refractivity contribution in [3.8, 4) is 5.69 Å². The molecule has 0 aliphatic carbocycles. The predicted molar refractivity (Wildman–Crippen MR) is 145 cm³/mol. The first-order chi connectivity index (χ1) is 17.6. The first-order valence-corrected chi connectivity index (χ1v) is 14.0. The van der Waals surface area contributed by atoms with E-state index in [9.17, 15) is 4.79 Å². The lowest BCUT2D eigenvalue weighted by atomic mass is 10.1. The number of carbonyl (C=O) groups is 1. The van der Waals surface area contributed by atoms with Crippen molar-refractivity contribution in [2.24, 2.45) is 0 Å². The van der Waals surface area contributed by atoms with Crippen LogP contribution in [0.2, 0.25) is 10.0 Å². The molecule has 4 rings (SSSR count). The monoisotopic (exact) mass is 547 g/mol. The number of thioether (sulfide) groups is 1. The number of benzene rings is 2. The van der Waals surface area contributed by atoms with Crippen molar-refractivity contribution in [1.82, 2.24) is 25.0 Å². The lowest BCUT2D eigenvalue weighted by molar-refractivity contribution is -0.121. The standard InChI is InChI=1S/C26H31Cl2N5O2S/c27-22-10-9-21(19-23(22)28)33-24(18-20-6-2-1-3-7-20)30-31-26(33)36-17-5-4-8-25(34)29-11-12-32-13-15-35-16-14-32/h1-3,6-7,9-10,19H,4-5,8,11-18H2,(H,29,34). The lowest BCUT2D eigenvalue weighted by Crippen LogP contribution is -2.41. The highest BCUT2D eigenvalue weighted by molar-refractivity contribution is 7.99. The van der Waals surface area contributed by atoms with E-state index in [-0.39, 0.29) is 5.91 Å². The summed E-state index contributed by atoms with van der Waals surface area (Å²) in [6.45, 7) is 4.99. The zero-order valence-electron chi connectivity index (χ0n) is 20.2. The van der Waals surface area contributed by atoms with E-state index in [0.717, 1.165) is 73.7 Å². The van der Waals surface area contributed by atoms with E-state index in [1.165, 1.54) is 0 Å². The van der Waals surface area contributed by atoms with Crippen LogP contribution in [0.1, 0.15) is 30.7 Å². The number of ether oxygens (including phenoxy) is 1. The average Bonchev–Trinajstić information content (AvgIpc) is 3.29. The smallest absolute Gasteiger partial charge is 0.220 e. The first kappa shape index (κ1) is 26.9. The summed E-state index contributed by atoms with van der Waals surface area (Å²) in [7, 11) is 0. The van der Waals surface area contributed by atoms with Gasteiger partial charge in [0.05, 0.1) is 28.9 Å². The Hall–Kier alpha value is -2.10. The van der Waals surface area contributed by atoms with E-state index in [2.05, 4.69) is 32.5 Å². The van der Waals surface area contributed by atoms with Crippen molar-refractivity contribution in [1.29, 1.82) is 0 Å². The Bertz CT molecular complexity index is 1120. The number of carbonyl (C=O) groups excluding carboxylic acids is 1. The minimum Gasteiger partial charge on any atom is -0.379 e. The summed E-state index contributed by atoms with van der Waals surface area (Å²) in [6.07, 6.45) is 2.92. The molecule has 0 saturated carbocycles. The minimum absolute atomic E-state index is 0.109. The zero-order chi connectivity index (χ0) is 25.2. The van der Waals surface area contributed by atoms with Crippen molar-refractivity contribution in [3.63, 3.8) is 0 Å². The van der Waals surface area contributed by atoms with Crippen molar-refractivity contribution >= 4 is 40.9 Å². The number of amides is 1. The van der Waals surface area contributed by atoms with Gasteiger partial charge in [-0.25, -0.2) is 0 Å². The van der Waals surface area contributed by atoms with Gasteiger partial charge in [-0.3, -0.25) is 14.3 Å². The number of unbranched alkanes of at least 4 members (excludes halogenated alkanes) is 1. The summed E-state index contributed by atoms with van der Waals surface area (Å²) >= 11 is 14.1. The third-order valence-electron chi connectivity index (χ3n) is 5.95. The molecular formula is C26H31Cl2N5O2S. The van der Waals surface area contributed by atoms with Gasteiger partial charge in [-0.15, -0.1) is 10.2 Å². The number of hydrogen-bond donors (Lipinski definition) is 1. The molecule has 10 heteroatoms. The van der Waals surface area contributed by atoms with Crippen LogP contribution < -0.4 is 5.32 Å². The van der Waals surface area contributed by atoms with Gasteiger partial charge in [0.1, 0.15) is 5.82 Å². The summed E-state index contributed by atoms with van der Waals surface area (Å²) in [4.78, 5) is 14.5. The highest BCUT2D eigenvalue weighted by Gasteiger charge is 2.16. The van der Waals surface area contributed by atoms with Gasteiger partial charge in [0.15, 0.2) is 5.16 Å². The molecule has 1 fully saturated rings. The highest BCUT2D eigenvalue weighted by Crippen LogP contribution is 2.29. The molecular weight excluding hydrogens is 517 g/mol. The molecule has 1 saturated heterocycles. The molecule has 1 aliphatic heterocycles. The van der Waals surface area contributed by atoms with Gasteiger partial charge in [0.2, 0.25) is 5.91 Å². The molecule has 1 amide bonds. The summed E-state index contributed by atoms with van der Waals surface area (Å²) in [5.74, 6) is 1.78. The molecule has 0 atom stereocenters. The SMILES string of the molecule is O=C(CCCCSc1nnc(Cc2ccccc2)n1-c1ccc(Cl)c(Cl)c1)NCCN1CCOCC1. The van der Waals surface area contributed by atoms with E-state index in [0.29, 0.717) is 29.4 Å². The quantitative estimate of drug-likeness (QED) is 0.257. The Kier molecular flexibility index (Phi) is 10.5. The van der Waals surface area contributed by atoms with Crippen molar-refractivity contribution in [2.45, 2.75) is 30.8 Å². The molecule has 0 bridgehead atoms. The molecule has 2 heterocycles. The summed E-state index contributed by atoms with van der Waals surface area (Å²) in [5, 5.41) is 13.8. The molecule has 2 aromatic carbocycles. The molecule has 0 spiro atoms. The van der Waals surface area contributed by atoms with E-state index < -0.39 is 0 Å². The average molecular weight is 549 g/mol. The van der Waals surface area contributed by atoms with Gasteiger partial charge in [0, 0.05) is 44.8 Å². The van der Waals surface area contributed by atoms with Gasteiger partial charge >= 0.3 is 0 Å². The Morgan fingerprint density at radius 3 is 2.61 bits per heavy atom. The summed E-state index contributed by atoms with van der Waals surface area (Å²) in [5.41, 5.74) is 2.03. The van der Waals surface area contributed by atoms with E-state index in [4.69, 9.17) is 27.9 Å². The number of nitrogens with one attached hydrogen (secondary N) is 1. The molecule has 0 unspecified atom stereocenters. The normalized spacial score (nSPS) is 14.2. The van der Waals surface area contributed by atoms with Crippen LogP contribution in [0.3, 0.4) is 0 Å². The number of aromatic nitrogens is 3. The van der Waals surface area contributed by atoms with Gasteiger partial charge < -0.3 is 10.1 Å². The third-order valence-corrected chi connectivity index (χ3v) is 7.70. The zero-order valence-corrected chi connectivity index (χ0v) is 22.5. The maximum absolute atomic E-state index is 12.2. The van der Waals surface area contributed by atoms with Crippen molar-refractivity contribution in [2.75, 3.05) is 45.1 Å². The second-order valence-electron chi connectivity index (χ2n) is 8.60. The van der Waals surface area contributed by atoms with Crippen LogP contribution in [0.5, 0.6) is 0 Å². The number of rotatable bonds is 12. The fourth-order valence-electron chi connectivity index (χ4n) is 3.99. The van der Waals surface area contributed by atoms with Crippen molar-refractivity contribution < 1.29 is 9.53 Å². The van der Waals surface area contributed by atoms with Crippen LogP contribution >= 0.6 is 35.0 Å². The molecule has 192 valence electrons. The Balaban J connectivity index is 1.29. The van der Waals surface area contributed by atoms with Gasteiger partial charge in [-0.05, 0) is 36.6 Å². The van der Waals surface area contributed by atoms with Crippen LogP contribution in [0.15, 0.2) is 53.7 Å². The summed E-state index contributed by atoms with van der Waals surface area (Å²) in [6, 6.07) is 15.7. The molecule has 3 aromatic rings. The first-order valence-electron chi connectivity index (χ1n) is 12.2. The number of halogens is 2. The predicted octanol–water partition coefficient (Wildman–Crippen LogP) is 4.88. The Morgan fingerprint density at radius 1 is 1.03 bits per heavy atom. The largest absolute Gasteiger partial charge is 0.379 e. The Labute approximate surface area is 226 Å². The third kappa shape index (κ3) is 7.95. The van der Waals surface area contributed by atoms with Crippen LogP contribution in [-0.2, 0) is 16.0 Å². The van der Waals surface area contributed by atoms with E-state index in [1.54, 1.807) is 17.8 Å². The van der Waals surface area contributed by atoms with Gasteiger partial charge in [-0.2, -0.15) is 0 Å². The highest BCUT2D eigenvalue weighted by atomic mass is 35.5. The molecule has 7 nitrogen and oxygen atoms in total.